The van der Waals surface area contributed by atoms with E-state index in [0.717, 1.165) is 4.60 Å². The second-order valence-electron chi connectivity index (χ2n) is 4.25. The number of nitrogens with zero attached hydrogens (tertiary/aromatic N) is 2. The van der Waals surface area contributed by atoms with E-state index in [4.69, 9.17) is 23.2 Å². The molecule has 4 nitrogen and oxygen atoms in total. The molecule has 0 saturated heterocycles. The molecule has 0 aliphatic rings. The molecule has 0 fully saturated rings. The predicted molar refractivity (Wildman–Crippen MR) is 87.3 cm³/mol. The number of aromatic nitrogens is 2. The fourth-order valence-electron chi connectivity index (χ4n) is 1.98. The highest BCUT2D eigenvalue weighted by molar-refractivity contribution is 9.10. The number of benzene rings is 1. The Morgan fingerprint density at radius 3 is 2.62 bits per heavy atom. The third kappa shape index (κ3) is 2.64. The van der Waals surface area contributed by atoms with Crippen LogP contribution in [0.15, 0.2) is 47.3 Å². The maximum Gasteiger partial charge on any atom is 0.258 e. The maximum absolute atomic E-state index is 12.4. The number of halogens is 3. The van der Waals surface area contributed by atoms with Crippen LogP contribution in [-0.4, -0.2) is 15.3 Å². The van der Waals surface area contributed by atoms with Crippen LogP contribution in [0.25, 0.3) is 5.65 Å². The van der Waals surface area contributed by atoms with Crippen molar-refractivity contribution in [2.24, 2.45) is 0 Å². The topological polar surface area (TPSA) is 46.4 Å². The molecule has 7 heteroatoms. The number of anilines is 1. The monoisotopic (exact) mass is 383 g/mol. The van der Waals surface area contributed by atoms with E-state index in [1.807, 2.05) is 16.7 Å². The van der Waals surface area contributed by atoms with Crippen LogP contribution in [0.2, 0.25) is 10.0 Å². The third-order valence-electron chi connectivity index (χ3n) is 2.93. The van der Waals surface area contributed by atoms with Gasteiger partial charge in [-0.2, -0.15) is 0 Å². The Morgan fingerprint density at radius 2 is 1.90 bits per heavy atom. The zero-order chi connectivity index (χ0) is 15.0. The first kappa shape index (κ1) is 14.4. The number of nitrogens with one attached hydrogen (secondary N) is 1. The van der Waals surface area contributed by atoms with Gasteiger partial charge in [0, 0.05) is 6.20 Å². The first-order chi connectivity index (χ1) is 10.1. The average Bonchev–Trinajstić information content (AvgIpc) is 2.82. The lowest BCUT2D eigenvalue weighted by Gasteiger charge is -2.09. The molecular formula is C14H8BrCl2N3O. The quantitative estimate of drug-likeness (QED) is 0.698. The van der Waals surface area contributed by atoms with E-state index >= 15 is 0 Å². The van der Waals surface area contributed by atoms with Gasteiger partial charge in [0.05, 0.1) is 27.5 Å². The van der Waals surface area contributed by atoms with Crippen LogP contribution in [-0.2, 0) is 0 Å². The molecule has 3 aromatic rings. The van der Waals surface area contributed by atoms with E-state index in [1.54, 1.807) is 30.5 Å². The molecule has 2 aromatic heterocycles. The molecule has 1 amide bonds. The Morgan fingerprint density at radius 1 is 1.19 bits per heavy atom. The fourth-order valence-corrected chi connectivity index (χ4v) is 2.94. The summed E-state index contributed by atoms with van der Waals surface area (Å²) in [6, 6.07) is 8.50. The maximum atomic E-state index is 12.4. The van der Waals surface area contributed by atoms with Crippen molar-refractivity contribution in [3.05, 3.63) is 62.9 Å². The number of hydrogen-bond donors (Lipinski definition) is 1. The highest BCUT2D eigenvalue weighted by Gasteiger charge is 2.16. The van der Waals surface area contributed by atoms with E-state index in [1.165, 1.54) is 0 Å². The van der Waals surface area contributed by atoms with Crippen molar-refractivity contribution < 1.29 is 4.79 Å². The summed E-state index contributed by atoms with van der Waals surface area (Å²) >= 11 is 15.5. The summed E-state index contributed by atoms with van der Waals surface area (Å²) in [4.78, 5) is 16.6. The van der Waals surface area contributed by atoms with Gasteiger partial charge in [0.2, 0.25) is 0 Å². The standard InChI is InChI=1S/C14H8BrCl2N3O/c15-11-7-18-13-10(5-2-6-20(11)13)19-14(21)12-8(16)3-1-4-9(12)17/h1-7H,(H,19,21). The Bertz CT molecular complexity index is 827. The largest absolute Gasteiger partial charge is 0.319 e. The van der Waals surface area contributed by atoms with Gasteiger partial charge in [0.1, 0.15) is 4.60 Å². The van der Waals surface area contributed by atoms with Gasteiger partial charge in [0.15, 0.2) is 5.65 Å². The normalized spacial score (nSPS) is 10.8. The number of hydrogen-bond acceptors (Lipinski definition) is 2. The smallest absolute Gasteiger partial charge is 0.258 e. The Balaban J connectivity index is 2.01. The molecule has 0 spiro atoms. The van der Waals surface area contributed by atoms with Crippen LogP contribution in [0.1, 0.15) is 10.4 Å². The molecule has 106 valence electrons. The van der Waals surface area contributed by atoms with Crippen molar-refractivity contribution in [3.8, 4) is 0 Å². The van der Waals surface area contributed by atoms with Gasteiger partial charge >= 0.3 is 0 Å². The van der Waals surface area contributed by atoms with Gasteiger partial charge in [-0.1, -0.05) is 29.3 Å². The third-order valence-corrected chi connectivity index (χ3v) is 4.15. The molecule has 2 heterocycles. The zero-order valence-corrected chi connectivity index (χ0v) is 13.6. The minimum atomic E-state index is -0.377. The van der Waals surface area contributed by atoms with Crippen molar-refractivity contribution in [2.75, 3.05) is 5.32 Å². The number of carbonyl (C=O) groups excluding carboxylic acids is 1. The second kappa shape index (κ2) is 5.67. The van der Waals surface area contributed by atoms with Gasteiger partial charge in [-0.05, 0) is 40.2 Å². The van der Waals surface area contributed by atoms with Gasteiger partial charge in [-0.25, -0.2) is 4.98 Å². The van der Waals surface area contributed by atoms with Crippen molar-refractivity contribution >= 4 is 56.4 Å². The van der Waals surface area contributed by atoms with Crippen LogP contribution >= 0.6 is 39.1 Å². The minimum absolute atomic E-state index is 0.244. The van der Waals surface area contributed by atoms with E-state index in [2.05, 4.69) is 26.2 Å². The summed E-state index contributed by atoms with van der Waals surface area (Å²) in [6.45, 7) is 0. The second-order valence-corrected chi connectivity index (χ2v) is 5.87. The molecule has 0 radical (unpaired) electrons. The lowest BCUT2D eigenvalue weighted by molar-refractivity contribution is 0.102. The Labute approximate surface area is 138 Å². The lowest BCUT2D eigenvalue weighted by atomic mass is 10.2. The Kier molecular flexibility index (Phi) is 3.89. The average molecular weight is 385 g/mol. The summed E-state index contributed by atoms with van der Waals surface area (Å²) in [5.41, 5.74) is 1.44. The van der Waals surface area contributed by atoms with Crippen LogP contribution in [0.3, 0.4) is 0 Å². The lowest BCUT2D eigenvalue weighted by Crippen LogP contribution is -2.14. The van der Waals surface area contributed by atoms with Gasteiger partial charge in [0.25, 0.3) is 5.91 Å². The Hall–Kier alpha value is -1.56. The molecule has 0 aliphatic carbocycles. The predicted octanol–water partition coefficient (Wildman–Crippen LogP) is 4.66. The molecule has 0 saturated carbocycles. The SMILES string of the molecule is O=C(Nc1cccn2c(Br)cnc12)c1c(Cl)cccc1Cl. The number of imidazole rings is 1. The van der Waals surface area contributed by atoms with E-state index < -0.39 is 0 Å². The van der Waals surface area contributed by atoms with Crippen molar-refractivity contribution in [3.63, 3.8) is 0 Å². The molecular weight excluding hydrogens is 377 g/mol. The summed E-state index contributed by atoms with van der Waals surface area (Å²) in [6.07, 6.45) is 3.50. The van der Waals surface area contributed by atoms with Gasteiger partial charge < -0.3 is 5.32 Å². The highest BCUT2D eigenvalue weighted by atomic mass is 79.9. The van der Waals surface area contributed by atoms with Crippen LogP contribution < -0.4 is 5.32 Å². The number of pyridine rings is 1. The molecule has 1 N–H and O–H groups in total. The van der Waals surface area contributed by atoms with Crippen LogP contribution in [0, 0.1) is 0 Å². The van der Waals surface area contributed by atoms with E-state index in [9.17, 15) is 4.79 Å². The van der Waals surface area contributed by atoms with Crippen LogP contribution in [0.4, 0.5) is 5.69 Å². The van der Waals surface area contributed by atoms with Crippen LogP contribution in [0.5, 0.6) is 0 Å². The fraction of sp³-hybridized carbons (Fsp3) is 0. The molecule has 1 aromatic carbocycles. The molecule has 3 rings (SSSR count). The number of rotatable bonds is 2. The molecule has 21 heavy (non-hydrogen) atoms. The highest BCUT2D eigenvalue weighted by Crippen LogP contribution is 2.26. The summed E-state index contributed by atoms with van der Waals surface area (Å²) in [5, 5.41) is 3.39. The van der Waals surface area contributed by atoms with Gasteiger partial charge in [-0.3, -0.25) is 9.20 Å². The first-order valence-electron chi connectivity index (χ1n) is 5.95. The first-order valence-corrected chi connectivity index (χ1v) is 7.50. The summed E-state index contributed by atoms with van der Waals surface area (Å²) in [5.74, 6) is -0.377. The van der Waals surface area contributed by atoms with Crippen molar-refractivity contribution in [2.45, 2.75) is 0 Å². The molecule has 0 bridgehead atoms. The number of carbonyl (C=O) groups is 1. The molecule has 0 unspecified atom stereocenters. The number of fused-ring (bicyclic) bond motifs is 1. The van der Waals surface area contributed by atoms with E-state index in [-0.39, 0.29) is 11.5 Å². The summed E-state index contributed by atoms with van der Waals surface area (Å²) in [7, 11) is 0. The summed E-state index contributed by atoms with van der Waals surface area (Å²) < 4.78 is 2.61. The van der Waals surface area contributed by atoms with Crippen molar-refractivity contribution in [1.82, 2.24) is 9.38 Å². The van der Waals surface area contributed by atoms with Crippen molar-refractivity contribution in [1.29, 1.82) is 0 Å². The molecule has 0 atom stereocenters. The zero-order valence-electron chi connectivity index (χ0n) is 10.5. The molecule has 0 aliphatic heterocycles. The van der Waals surface area contributed by atoms with Gasteiger partial charge in [-0.15, -0.1) is 0 Å². The van der Waals surface area contributed by atoms with E-state index in [0.29, 0.717) is 21.4 Å². The number of amides is 1. The minimum Gasteiger partial charge on any atom is -0.319 e.